The van der Waals surface area contributed by atoms with E-state index in [1.54, 1.807) is 11.7 Å². The van der Waals surface area contributed by atoms with E-state index in [0.29, 0.717) is 17.3 Å². The van der Waals surface area contributed by atoms with Crippen LogP contribution in [0.3, 0.4) is 0 Å². The number of hydrogen-bond donors (Lipinski definition) is 2. The third kappa shape index (κ3) is 4.28. The highest BCUT2D eigenvalue weighted by Gasteiger charge is 2.11. The van der Waals surface area contributed by atoms with E-state index in [2.05, 4.69) is 17.2 Å². The molecule has 0 spiro atoms. The second-order valence-corrected chi connectivity index (χ2v) is 4.63. The van der Waals surface area contributed by atoms with Crippen molar-refractivity contribution in [2.24, 2.45) is 5.92 Å². The normalized spacial score (nSPS) is 12.4. The molecule has 4 nitrogen and oxygen atoms in total. The van der Waals surface area contributed by atoms with Crippen LogP contribution in [-0.2, 0) is 0 Å². The summed E-state index contributed by atoms with van der Waals surface area (Å²) >= 11 is 1.34. The molecule has 2 N–H and O–H groups in total. The smallest absolute Gasteiger partial charge is 0.263 e. The first-order chi connectivity index (χ1) is 7.77. The summed E-state index contributed by atoms with van der Waals surface area (Å²) in [5.41, 5.74) is 1.65. The summed E-state index contributed by atoms with van der Waals surface area (Å²) in [7, 11) is 0. The number of carbonyl (C=O) groups is 1. The topological polar surface area (TPSA) is 62.2 Å². The quantitative estimate of drug-likeness (QED) is 0.764. The fraction of sp³-hybridized carbons (Fsp3) is 0.636. The Hall–Kier alpha value is -0.940. The molecule has 0 fully saturated rings. The van der Waals surface area contributed by atoms with Crippen LogP contribution in [0.2, 0.25) is 0 Å². The van der Waals surface area contributed by atoms with Crippen molar-refractivity contribution in [3.05, 3.63) is 16.6 Å². The maximum atomic E-state index is 11.6. The molecule has 0 aliphatic heterocycles. The molecule has 0 aliphatic rings. The number of carbonyl (C=O) groups excluding carboxylic acids is 1. The summed E-state index contributed by atoms with van der Waals surface area (Å²) in [4.78, 5) is 16.1. The van der Waals surface area contributed by atoms with Crippen molar-refractivity contribution in [2.45, 2.75) is 26.2 Å². The Kier molecular flexibility index (Phi) is 6.03. The molecule has 16 heavy (non-hydrogen) atoms. The molecule has 0 radical (unpaired) electrons. The summed E-state index contributed by atoms with van der Waals surface area (Å²) < 4.78 is 0. The lowest BCUT2D eigenvalue weighted by atomic mass is 10.0. The number of thiazole rings is 1. The van der Waals surface area contributed by atoms with Crippen molar-refractivity contribution < 1.29 is 9.90 Å². The van der Waals surface area contributed by atoms with Crippen molar-refractivity contribution in [3.8, 4) is 0 Å². The van der Waals surface area contributed by atoms with Gasteiger partial charge in [-0.2, -0.15) is 0 Å². The molecular formula is C11H18N2O2S. The van der Waals surface area contributed by atoms with E-state index in [0.717, 1.165) is 19.3 Å². The van der Waals surface area contributed by atoms with Gasteiger partial charge < -0.3 is 10.4 Å². The van der Waals surface area contributed by atoms with Crippen LogP contribution in [0, 0.1) is 5.92 Å². The van der Waals surface area contributed by atoms with Gasteiger partial charge in [0, 0.05) is 13.2 Å². The molecule has 0 saturated heterocycles. The van der Waals surface area contributed by atoms with Gasteiger partial charge in [-0.1, -0.05) is 13.3 Å². The number of nitrogens with zero attached hydrogens (tertiary/aromatic N) is 1. The Morgan fingerprint density at radius 1 is 1.62 bits per heavy atom. The van der Waals surface area contributed by atoms with Crippen molar-refractivity contribution in [1.29, 1.82) is 0 Å². The molecule has 1 aromatic rings. The lowest BCUT2D eigenvalue weighted by molar-refractivity contribution is 0.0946. The summed E-state index contributed by atoms with van der Waals surface area (Å²) in [6, 6.07) is 0. The highest BCUT2D eigenvalue weighted by atomic mass is 32.1. The molecule has 1 amide bonds. The van der Waals surface area contributed by atoms with Crippen LogP contribution in [0.4, 0.5) is 0 Å². The van der Waals surface area contributed by atoms with Crippen LogP contribution in [-0.4, -0.2) is 29.1 Å². The molecule has 5 heteroatoms. The van der Waals surface area contributed by atoms with E-state index >= 15 is 0 Å². The van der Waals surface area contributed by atoms with Gasteiger partial charge in [0.2, 0.25) is 0 Å². The number of amides is 1. The first kappa shape index (κ1) is 13.1. The average molecular weight is 242 g/mol. The van der Waals surface area contributed by atoms with Crippen molar-refractivity contribution in [3.63, 3.8) is 0 Å². The monoisotopic (exact) mass is 242 g/mol. The van der Waals surface area contributed by atoms with Crippen LogP contribution in [0.1, 0.15) is 35.9 Å². The molecule has 0 aromatic carbocycles. The van der Waals surface area contributed by atoms with Gasteiger partial charge in [-0.05, 0) is 18.8 Å². The van der Waals surface area contributed by atoms with Gasteiger partial charge in [0.1, 0.15) is 4.88 Å². The second kappa shape index (κ2) is 7.35. The molecule has 0 aliphatic carbocycles. The highest BCUT2D eigenvalue weighted by molar-refractivity contribution is 7.11. The third-order valence-corrected chi connectivity index (χ3v) is 3.21. The van der Waals surface area contributed by atoms with E-state index in [-0.39, 0.29) is 12.5 Å². The van der Waals surface area contributed by atoms with Crippen LogP contribution >= 0.6 is 11.3 Å². The summed E-state index contributed by atoms with van der Waals surface area (Å²) in [5.74, 6) is 0.299. The highest BCUT2D eigenvalue weighted by Crippen LogP contribution is 2.10. The summed E-state index contributed by atoms with van der Waals surface area (Å²) in [5, 5.41) is 11.8. The van der Waals surface area contributed by atoms with Gasteiger partial charge in [0.15, 0.2) is 0 Å². The minimum Gasteiger partial charge on any atom is -0.396 e. The van der Waals surface area contributed by atoms with Gasteiger partial charge in [0.05, 0.1) is 11.7 Å². The minimum atomic E-state index is -0.0680. The zero-order valence-electron chi connectivity index (χ0n) is 9.48. The van der Waals surface area contributed by atoms with Gasteiger partial charge in [-0.15, -0.1) is 11.3 Å². The molecular weight excluding hydrogens is 224 g/mol. The predicted octanol–water partition coefficient (Wildman–Crippen LogP) is 1.67. The standard InChI is InChI=1S/C11H18N2O2S/c1-2-3-9(4-5-14)6-13-11(15)10-7-12-8-16-10/h7-9,14H,2-6H2,1H3,(H,13,15). The summed E-state index contributed by atoms with van der Waals surface area (Å²) in [6.45, 7) is 2.92. The van der Waals surface area contributed by atoms with Crippen LogP contribution < -0.4 is 5.32 Å². The van der Waals surface area contributed by atoms with E-state index in [9.17, 15) is 4.79 Å². The Balaban J connectivity index is 2.34. The van der Waals surface area contributed by atoms with Gasteiger partial charge in [-0.25, -0.2) is 0 Å². The predicted molar refractivity (Wildman–Crippen MR) is 64.5 cm³/mol. The number of hydrogen-bond acceptors (Lipinski definition) is 4. The molecule has 90 valence electrons. The Bertz CT molecular complexity index is 295. The SMILES string of the molecule is CCCC(CCO)CNC(=O)c1cncs1. The molecule has 1 heterocycles. The molecule has 0 bridgehead atoms. The van der Waals surface area contributed by atoms with E-state index in [1.807, 2.05) is 0 Å². The van der Waals surface area contributed by atoms with E-state index < -0.39 is 0 Å². The first-order valence-electron chi connectivity index (χ1n) is 5.55. The fourth-order valence-corrected chi connectivity index (χ4v) is 2.13. The third-order valence-electron chi connectivity index (χ3n) is 2.44. The maximum Gasteiger partial charge on any atom is 0.263 e. The van der Waals surface area contributed by atoms with Gasteiger partial charge in [-0.3, -0.25) is 9.78 Å². The maximum absolute atomic E-state index is 11.6. The van der Waals surface area contributed by atoms with Gasteiger partial charge >= 0.3 is 0 Å². The number of rotatable bonds is 7. The second-order valence-electron chi connectivity index (χ2n) is 3.74. The number of aromatic nitrogens is 1. The number of aliphatic hydroxyl groups is 1. The molecule has 1 rings (SSSR count). The summed E-state index contributed by atoms with van der Waals surface area (Å²) in [6.07, 6.45) is 4.42. The Labute approximate surface area is 99.7 Å². The average Bonchev–Trinajstić information content (AvgIpc) is 2.79. The van der Waals surface area contributed by atoms with Crippen molar-refractivity contribution in [1.82, 2.24) is 10.3 Å². The zero-order valence-corrected chi connectivity index (χ0v) is 10.3. The number of nitrogens with one attached hydrogen (secondary N) is 1. The fourth-order valence-electron chi connectivity index (χ4n) is 1.59. The van der Waals surface area contributed by atoms with Crippen molar-refractivity contribution in [2.75, 3.05) is 13.2 Å². The molecule has 0 saturated carbocycles. The zero-order chi connectivity index (χ0) is 11.8. The molecule has 1 unspecified atom stereocenters. The minimum absolute atomic E-state index is 0.0680. The molecule has 1 aromatic heterocycles. The lowest BCUT2D eigenvalue weighted by Gasteiger charge is -2.15. The molecule has 1 atom stereocenters. The van der Waals surface area contributed by atoms with Crippen LogP contribution in [0.15, 0.2) is 11.7 Å². The van der Waals surface area contributed by atoms with Gasteiger partial charge in [0.25, 0.3) is 5.91 Å². The Morgan fingerprint density at radius 3 is 3.00 bits per heavy atom. The van der Waals surface area contributed by atoms with Crippen LogP contribution in [0.5, 0.6) is 0 Å². The Morgan fingerprint density at radius 2 is 2.44 bits per heavy atom. The number of aliphatic hydroxyl groups excluding tert-OH is 1. The first-order valence-corrected chi connectivity index (χ1v) is 6.43. The van der Waals surface area contributed by atoms with Crippen molar-refractivity contribution >= 4 is 17.2 Å². The largest absolute Gasteiger partial charge is 0.396 e. The van der Waals surface area contributed by atoms with E-state index in [1.165, 1.54) is 11.3 Å². The van der Waals surface area contributed by atoms with E-state index in [4.69, 9.17) is 5.11 Å². The lowest BCUT2D eigenvalue weighted by Crippen LogP contribution is -2.29. The van der Waals surface area contributed by atoms with Crippen LogP contribution in [0.25, 0.3) is 0 Å².